The Hall–Kier alpha value is -5.25. The Morgan fingerprint density at radius 3 is 2.55 bits per heavy atom. The summed E-state index contributed by atoms with van der Waals surface area (Å²) in [6.45, 7) is 2.03. The first-order valence-corrected chi connectivity index (χ1v) is 12.6. The van der Waals surface area contributed by atoms with Crippen LogP contribution >= 0.6 is 0 Å². The minimum Gasteiger partial charge on any atom is -0.494 e. The lowest BCUT2D eigenvalue weighted by Gasteiger charge is -2.10. The molecule has 0 spiro atoms. The van der Waals surface area contributed by atoms with Gasteiger partial charge >= 0.3 is 0 Å². The van der Waals surface area contributed by atoms with Crippen LogP contribution in [0.1, 0.15) is 21.6 Å². The van der Waals surface area contributed by atoms with Gasteiger partial charge in [0.25, 0.3) is 11.5 Å². The van der Waals surface area contributed by atoms with E-state index in [1.165, 1.54) is 24.1 Å². The number of nitrogens with one attached hydrogen (secondary N) is 2. The van der Waals surface area contributed by atoms with Gasteiger partial charge < -0.3 is 15.8 Å². The average Bonchev–Trinajstić information content (AvgIpc) is 3.28. The fourth-order valence-electron chi connectivity index (χ4n) is 4.42. The molecule has 0 fully saturated rings. The highest BCUT2D eigenvalue weighted by atomic mass is 19.1. The molecule has 2 aromatic heterocycles. The third-order valence-electron chi connectivity index (χ3n) is 6.50. The number of hydrogen-bond acceptors (Lipinski definition) is 6. The van der Waals surface area contributed by atoms with E-state index in [0.717, 1.165) is 5.56 Å². The highest BCUT2D eigenvalue weighted by Crippen LogP contribution is 2.30. The van der Waals surface area contributed by atoms with Gasteiger partial charge in [-0.15, -0.1) is 0 Å². The molecule has 9 nitrogen and oxygen atoms in total. The number of hydrogen-bond donors (Lipinski definition) is 3. The Bertz CT molecular complexity index is 1730. The number of nitrogens with two attached hydrogens (primary N) is 1. The zero-order valence-corrected chi connectivity index (χ0v) is 21.9. The topological polar surface area (TPSA) is 128 Å². The van der Waals surface area contributed by atoms with E-state index >= 15 is 0 Å². The van der Waals surface area contributed by atoms with Gasteiger partial charge in [0.05, 0.1) is 24.7 Å². The average molecular weight is 539 g/mol. The lowest BCUT2D eigenvalue weighted by atomic mass is 10.1. The molecule has 0 aliphatic rings. The van der Waals surface area contributed by atoms with Gasteiger partial charge in [0.2, 0.25) is 0 Å². The molecule has 5 aromatic rings. The van der Waals surface area contributed by atoms with Crippen molar-refractivity contribution in [3.05, 3.63) is 112 Å². The minimum absolute atomic E-state index is 0.0839. The van der Waals surface area contributed by atoms with Crippen molar-refractivity contribution in [2.75, 3.05) is 19.4 Å². The molecular formula is C30H27FN6O3. The van der Waals surface area contributed by atoms with Crippen LogP contribution in [0.3, 0.4) is 0 Å². The first-order valence-electron chi connectivity index (χ1n) is 12.6. The number of halogens is 1. The molecule has 4 N–H and O–H groups in total. The molecule has 10 heteroatoms. The van der Waals surface area contributed by atoms with Crippen molar-refractivity contribution in [2.24, 2.45) is 0 Å². The number of aromatic nitrogens is 4. The maximum absolute atomic E-state index is 14.8. The Morgan fingerprint density at radius 1 is 1.07 bits per heavy atom. The van der Waals surface area contributed by atoms with Crippen molar-refractivity contribution in [3.8, 4) is 34.0 Å². The van der Waals surface area contributed by atoms with E-state index in [4.69, 9.17) is 10.5 Å². The van der Waals surface area contributed by atoms with Crippen LogP contribution in [0, 0.1) is 12.7 Å². The van der Waals surface area contributed by atoms with Crippen LogP contribution in [0.25, 0.3) is 28.2 Å². The number of H-pyrrole nitrogens is 1. The summed E-state index contributed by atoms with van der Waals surface area (Å²) in [4.78, 5) is 34.4. The molecule has 1 amide bonds. The number of aryl methyl sites for hydroxylation is 1. The van der Waals surface area contributed by atoms with E-state index in [1.807, 2.05) is 42.5 Å². The molecule has 0 saturated carbocycles. The summed E-state index contributed by atoms with van der Waals surface area (Å²) in [7, 11) is 1.40. The number of amides is 1. The molecule has 0 unspecified atom stereocenters. The molecule has 202 valence electrons. The summed E-state index contributed by atoms with van der Waals surface area (Å²) in [5, 5.41) is 5.79. The second kappa shape index (κ2) is 11.2. The number of nitrogens with zero attached hydrogens (tertiary/aromatic N) is 3. The lowest BCUT2D eigenvalue weighted by Crippen LogP contribution is -2.31. The van der Waals surface area contributed by atoms with Crippen LogP contribution in [0.15, 0.2) is 83.8 Å². The number of carbonyl (C=O) groups excluding carboxylic acids is 1. The number of rotatable bonds is 8. The minimum atomic E-state index is -0.527. The zero-order valence-electron chi connectivity index (χ0n) is 21.9. The van der Waals surface area contributed by atoms with Gasteiger partial charge in [0.15, 0.2) is 11.6 Å². The molecule has 0 atom stereocenters. The quantitative estimate of drug-likeness (QED) is 0.270. The Balaban J connectivity index is 1.27. The lowest BCUT2D eigenvalue weighted by molar-refractivity contribution is 0.0952. The summed E-state index contributed by atoms with van der Waals surface area (Å²) >= 11 is 0. The molecule has 0 aliphatic carbocycles. The summed E-state index contributed by atoms with van der Waals surface area (Å²) in [5.41, 5.74) is 9.61. The molecule has 40 heavy (non-hydrogen) atoms. The van der Waals surface area contributed by atoms with Crippen molar-refractivity contribution in [1.29, 1.82) is 0 Å². The predicted molar refractivity (Wildman–Crippen MR) is 151 cm³/mol. The van der Waals surface area contributed by atoms with Crippen LogP contribution in [0.2, 0.25) is 0 Å². The molecule has 0 saturated heterocycles. The van der Waals surface area contributed by atoms with E-state index in [2.05, 4.69) is 20.4 Å². The van der Waals surface area contributed by atoms with E-state index in [0.29, 0.717) is 41.3 Å². The van der Waals surface area contributed by atoms with Gasteiger partial charge in [-0.3, -0.25) is 14.7 Å². The summed E-state index contributed by atoms with van der Waals surface area (Å²) in [6.07, 6.45) is 1.97. The Morgan fingerprint density at radius 2 is 1.82 bits per heavy atom. The number of ether oxygens (including phenoxy) is 1. The molecule has 3 aromatic carbocycles. The van der Waals surface area contributed by atoms with Crippen LogP contribution in [-0.4, -0.2) is 39.3 Å². The largest absolute Gasteiger partial charge is 0.494 e. The van der Waals surface area contributed by atoms with E-state index in [9.17, 15) is 14.0 Å². The third-order valence-corrected chi connectivity index (χ3v) is 6.50. The number of anilines is 1. The number of aromatic amines is 1. The van der Waals surface area contributed by atoms with Gasteiger partial charge in [-0.25, -0.2) is 19.0 Å². The second-order valence-corrected chi connectivity index (χ2v) is 9.10. The van der Waals surface area contributed by atoms with E-state index in [-0.39, 0.29) is 22.7 Å². The monoisotopic (exact) mass is 538 g/mol. The van der Waals surface area contributed by atoms with Crippen molar-refractivity contribution in [3.63, 3.8) is 0 Å². The van der Waals surface area contributed by atoms with E-state index < -0.39 is 17.3 Å². The molecular weight excluding hydrogens is 511 g/mol. The Labute approximate surface area is 229 Å². The summed E-state index contributed by atoms with van der Waals surface area (Å²) in [5.74, 6) is -0.631. The molecule has 0 aliphatic heterocycles. The van der Waals surface area contributed by atoms with Gasteiger partial charge in [0.1, 0.15) is 17.1 Å². The second-order valence-electron chi connectivity index (χ2n) is 9.10. The molecule has 0 radical (unpaired) electrons. The first kappa shape index (κ1) is 26.4. The first-order chi connectivity index (χ1) is 19.4. The molecule has 0 bridgehead atoms. The maximum Gasteiger partial charge on any atom is 0.284 e. The number of nitrogen functional groups attached to an aromatic ring is 1. The summed E-state index contributed by atoms with van der Waals surface area (Å²) in [6, 6.07) is 21.4. The molecule has 2 heterocycles. The smallest absolute Gasteiger partial charge is 0.284 e. The van der Waals surface area contributed by atoms with Crippen molar-refractivity contribution in [2.45, 2.75) is 13.3 Å². The summed E-state index contributed by atoms with van der Waals surface area (Å²) < 4.78 is 21.2. The maximum atomic E-state index is 14.8. The van der Waals surface area contributed by atoms with E-state index in [1.54, 1.807) is 31.2 Å². The predicted octanol–water partition coefficient (Wildman–Crippen LogP) is 4.30. The third kappa shape index (κ3) is 5.19. The number of methoxy groups -OCH3 is 1. The van der Waals surface area contributed by atoms with Gasteiger partial charge in [-0.2, -0.15) is 0 Å². The van der Waals surface area contributed by atoms with Gasteiger partial charge in [-0.1, -0.05) is 48.5 Å². The van der Waals surface area contributed by atoms with Crippen LogP contribution < -0.4 is 21.3 Å². The van der Waals surface area contributed by atoms with Crippen molar-refractivity contribution in [1.82, 2.24) is 25.1 Å². The molecule has 5 rings (SSSR count). The number of para-hydroxylation sites is 1. The standard InChI is InChI=1S/C30H27FN6O3/c1-18-25(30(39)37(36-18)21-7-4-3-5-8-21)29(38)33-16-15-19-11-13-20(14-12-19)27-28(32)34-17-23(35-27)22-9-6-10-24(40-2)26(22)31/h3-14,17,36H,15-16H2,1-2H3,(H2,32,34)(H,33,38). The zero-order chi connectivity index (χ0) is 28.2. The van der Waals surface area contributed by atoms with Crippen LogP contribution in [0.5, 0.6) is 5.75 Å². The highest BCUT2D eigenvalue weighted by Gasteiger charge is 2.19. The SMILES string of the molecule is COc1cccc(-c2cnc(N)c(-c3ccc(CCNC(=O)c4c(C)[nH]n(-c5ccccc5)c4=O)cc3)n2)c1F. The van der Waals surface area contributed by atoms with Gasteiger partial charge in [0, 0.05) is 23.4 Å². The number of carbonyl (C=O) groups is 1. The fraction of sp³-hybridized carbons (Fsp3) is 0.133. The van der Waals surface area contributed by atoms with Crippen molar-refractivity contribution < 1.29 is 13.9 Å². The fourth-order valence-corrected chi connectivity index (χ4v) is 4.42. The van der Waals surface area contributed by atoms with Crippen LogP contribution in [0.4, 0.5) is 10.2 Å². The van der Waals surface area contributed by atoms with Crippen molar-refractivity contribution >= 4 is 11.7 Å². The van der Waals surface area contributed by atoms with Gasteiger partial charge in [-0.05, 0) is 43.2 Å². The Kier molecular flexibility index (Phi) is 7.41. The van der Waals surface area contributed by atoms with Crippen LogP contribution in [-0.2, 0) is 6.42 Å². The highest BCUT2D eigenvalue weighted by molar-refractivity contribution is 5.95. The normalized spacial score (nSPS) is 10.9. The number of benzene rings is 3.